The van der Waals surface area contributed by atoms with Gasteiger partial charge in [-0.2, -0.15) is 5.10 Å². The van der Waals surface area contributed by atoms with Crippen molar-refractivity contribution in [3.63, 3.8) is 0 Å². The lowest BCUT2D eigenvalue weighted by atomic mass is 10.1. The molecule has 0 atom stereocenters. The van der Waals surface area contributed by atoms with Crippen LogP contribution < -0.4 is 5.32 Å². The molecule has 0 saturated carbocycles. The number of fused-ring (bicyclic) bond motifs is 1. The Morgan fingerprint density at radius 2 is 1.96 bits per heavy atom. The zero-order valence-corrected chi connectivity index (χ0v) is 13.7. The lowest BCUT2D eigenvalue weighted by molar-refractivity contribution is 0.582. The van der Waals surface area contributed by atoms with Crippen molar-refractivity contribution >= 4 is 11.3 Å². The predicted molar refractivity (Wildman–Crippen MR) is 93.9 cm³/mol. The van der Waals surface area contributed by atoms with Crippen molar-refractivity contribution in [1.29, 1.82) is 0 Å². The number of hydrogen-bond acceptors (Lipinski definition) is 4. The van der Waals surface area contributed by atoms with Crippen molar-refractivity contribution in [2.75, 3.05) is 5.32 Å². The van der Waals surface area contributed by atoms with Crippen LogP contribution >= 0.6 is 0 Å². The van der Waals surface area contributed by atoms with Crippen molar-refractivity contribution in [3.05, 3.63) is 71.9 Å². The summed E-state index contributed by atoms with van der Waals surface area (Å²) in [4.78, 5) is 4.60. The molecule has 5 nitrogen and oxygen atoms in total. The number of nitrogens with zero attached hydrogens (tertiary/aromatic N) is 3. The summed E-state index contributed by atoms with van der Waals surface area (Å²) in [5.41, 5.74) is 6.20. The maximum atomic E-state index is 5.41. The van der Waals surface area contributed by atoms with E-state index < -0.39 is 0 Å². The monoisotopic (exact) mass is 318 g/mol. The summed E-state index contributed by atoms with van der Waals surface area (Å²) in [6, 6.07) is 14.1. The van der Waals surface area contributed by atoms with Gasteiger partial charge in [-0.3, -0.25) is 0 Å². The van der Waals surface area contributed by atoms with Gasteiger partial charge in [0.1, 0.15) is 5.76 Å². The molecular weight excluding hydrogens is 300 g/mol. The Balaban J connectivity index is 1.53. The van der Waals surface area contributed by atoms with E-state index in [0.717, 1.165) is 39.6 Å². The van der Waals surface area contributed by atoms with Crippen LogP contribution in [0.1, 0.15) is 17.0 Å². The van der Waals surface area contributed by atoms with Crippen molar-refractivity contribution < 1.29 is 4.42 Å². The quantitative estimate of drug-likeness (QED) is 0.612. The molecule has 5 heteroatoms. The number of nitrogens with one attached hydrogen (secondary N) is 1. The summed E-state index contributed by atoms with van der Waals surface area (Å²) in [5, 5.41) is 7.85. The molecule has 4 aromatic rings. The van der Waals surface area contributed by atoms with Crippen LogP contribution in [0.15, 0.2) is 59.3 Å². The van der Waals surface area contributed by atoms with Gasteiger partial charge in [0.25, 0.3) is 0 Å². The Morgan fingerprint density at radius 3 is 2.71 bits per heavy atom. The van der Waals surface area contributed by atoms with Gasteiger partial charge in [0.15, 0.2) is 5.65 Å². The molecule has 0 aliphatic carbocycles. The van der Waals surface area contributed by atoms with Gasteiger partial charge in [-0.25, -0.2) is 9.50 Å². The summed E-state index contributed by atoms with van der Waals surface area (Å²) >= 11 is 0. The minimum absolute atomic E-state index is 0.680. The lowest BCUT2D eigenvalue weighted by Gasteiger charge is -2.07. The first-order valence-corrected chi connectivity index (χ1v) is 7.89. The molecule has 0 unspecified atom stereocenters. The fraction of sp³-hybridized carbons (Fsp3) is 0.158. The summed E-state index contributed by atoms with van der Waals surface area (Å²) in [5.74, 6) is 0.874. The zero-order valence-electron chi connectivity index (χ0n) is 13.7. The van der Waals surface area contributed by atoms with Gasteiger partial charge in [-0.1, -0.05) is 0 Å². The first kappa shape index (κ1) is 14.5. The van der Waals surface area contributed by atoms with Crippen LogP contribution in [0.25, 0.3) is 17.0 Å². The fourth-order valence-electron chi connectivity index (χ4n) is 2.83. The molecule has 0 bridgehead atoms. The topological polar surface area (TPSA) is 55.4 Å². The van der Waals surface area contributed by atoms with Gasteiger partial charge < -0.3 is 9.73 Å². The van der Waals surface area contributed by atoms with Gasteiger partial charge in [0.2, 0.25) is 0 Å². The average Bonchev–Trinajstić information content (AvgIpc) is 3.23. The molecule has 0 saturated heterocycles. The Labute approximate surface area is 140 Å². The molecule has 0 aliphatic rings. The van der Waals surface area contributed by atoms with Crippen molar-refractivity contribution in [3.8, 4) is 11.3 Å². The van der Waals surface area contributed by atoms with Crippen LogP contribution in [-0.4, -0.2) is 14.6 Å². The number of hydrogen-bond donors (Lipinski definition) is 1. The molecule has 3 aromatic heterocycles. The second-order valence-electron chi connectivity index (χ2n) is 5.85. The summed E-state index contributed by atoms with van der Waals surface area (Å²) in [7, 11) is 0. The van der Waals surface area contributed by atoms with E-state index in [1.54, 1.807) is 6.26 Å². The zero-order chi connectivity index (χ0) is 16.5. The highest BCUT2D eigenvalue weighted by molar-refractivity contribution is 5.61. The lowest BCUT2D eigenvalue weighted by Crippen LogP contribution is -2.02. The average molecular weight is 318 g/mol. The van der Waals surface area contributed by atoms with E-state index in [2.05, 4.69) is 15.4 Å². The maximum Gasteiger partial charge on any atom is 0.160 e. The van der Waals surface area contributed by atoms with Gasteiger partial charge in [-0.05, 0) is 56.3 Å². The van der Waals surface area contributed by atoms with E-state index in [0.29, 0.717) is 6.54 Å². The van der Waals surface area contributed by atoms with Crippen molar-refractivity contribution in [1.82, 2.24) is 14.6 Å². The standard InChI is InChI=1S/C19H18N4O/c1-13-10-14(2)23-19(22-13)16(12-21-23)11-20-17-7-5-15(6-8-17)18-4-3-9-24-18/h3-10,12,20H,11H2,1-2H3. The predicted octanol–water partition coefficient (Wildman–Crippen LogP) is 4.22. The summed E-state index contributed by atoms with van der Waals surface area (Å²) in [6.07, 6.45) is 3.56. The minimum Gasteiger partial charge on any atom is -0.464 e. The van der Waals surface area contributed by atoms with Crippen LogP contribution in [-0.2, 0) is 6.54 Å². The third-order valence-electron chi connectivity index (χ3n) is 4.02. The van der Waals surface area contributed by atoms with Crippen molar-refractivity contribution in [2.24, 2.45) is 0 Å². The Bertz CT molecular complexity index is 969. The molecule has 0 spiro atoms. The Hall–Kier alpha value is -3.08. The van der Waals surface area contributed by atoms with E-state index in [4.69, 9.17) is 4.42 Å². The molecule has 0 amide bonds. The van der Waals surface area contributed by atoms with Gasteiger partial charge in [0, 0.05) is 34.7 Å². The molecule has 4 rings (SSSR count). The van der Waals surface area contributed by atoms with Crippen LogP contribution in [0.4, 0.5) is 5.69 Å². The highest BCUT2D eigenvalue weighted by Crippen LogP contribution is 2.22. The smallest absolute Gasteiger partial charge is 0.160 e. The number of aromatic nitrogens is 3. The van der Waals surface area contributed by atoms with Crippen LogP contribution in [0.2, 0.25) is 0 Å². The fourth-order valence-corrected chi connectivity index (χ4v) is 2.83. The van der Waals surface area contributed by atoms with Crippen molar-refractivity contribution in [2.45, 2.75) is 20.4 Å². The Morgan fingerprint density at radius 1 is 1.12 bits per heavy atom. The van der Waals surface area contributed by atoms with E-state index in [1.807, 2.05) is 67.0 Å². The second kappa shape index (κ2) is 5.85. The molecule has 0 fully saturated rings. The van der Waals surface area contributed by atoms with E-state index >= 15 is 0 Å². The molecule has 120 valence electrons. The van der Waals surface area contributed by atoms with Gasteiger partial charge in [-0.15, -0.1) is 0 Å². The molecule has 1 N–H and O–H groups in total. The van der Waals surface area contributed by atoms with Gasteiger partial charge in [0.05, 0.1) is 12.5 Å². The first-order chi connectivity index (χ1) is 11.7. The van der Waals surface area contributed by atoms with E-state index in [1.165, 1.54) is 0 Å². The first-order valence-electron chi connectivity index (χ1n) is 7.89. The molecular formula is C19H18N4O. The minimum atomic E-state index is 0.680. The van der Waals surface area contributed by atoms with E-state index in [9.17, 15) is 0 Å². The number of aryl methyl sites for hydroxylation is 2. The number of rotatable bonds is 4. The van der Waals surface area contributed by atoms with Crippen LogP contribution in [0, 0.1) is 13.8 Å². The molecule has 0 radical (unpaired) electrons. The maximum absolute atomic E-state index is 5.41. The SMILES string of the molecule is Cc1cc(C)n2ncc(CNc3ccc(-c4ccco4)cc3)c2n1. The number of furan rings is 1. The summed E-state index contributed by atoms with van der Waals surface area (Å²) < 4.78 is 7.29. The molecule has 3 heterocycles. The third-order valence-corrected chi connectivity index (χ3v) is 4.02. The molecule has 1 aromatic carbocycles. The molecule has 24 heavy (non-hydrogen) atoms. The highest BCUT2D eigenvalue weighted by Gasteiger charge is 2.08. The third kappa shape index (κ3) is 2.65. The second-order valence-corrected chi connectivity index (χ2v) is 5.85. The van der Waals surface area contributed by atoms with E-state index in [-0.39, 0.29) is 0 Å². The van der Waals surface area contributed by atoms with Gasteiger partial charge >= 0.3 is 0 Å². The number of anilines is 1. The normalized spacial score (nSPS) is 11.1. The number of benzene rings is 1. The molecule has 0 aliphatic heterocycles. The Kier molecular flexibility index (Phi) is 3.54. The van der Waals surface area contributed by atoms with Crippen LogP contribution in [0.3, 0.4) is 0 Å². The highest BCUT2D eigenvalue weighted by atomic mass is 16.3. The summed E-state index contributed by atoms with van der Waals surface area (Å²) in [6.45, 7) is 4.73. The van der Waals surface area contributed by atoms with Crippen LogP contribution in [0.5, 0.6) is 0 Å². The largest absolute Gasteiger partial charge is 0.464 e.